The lowest BCUT2D eigenvalue weighted by Gasteiger charge is -2.17. The van der Waals surface area contributed by atoms with Crippen molar-refractivity contribution in [3.63, 3.8) is 0 Å². The number of hydrogen-bond acceptors (Lipinski definition) is 4. The van der Waals surface area contributed by atoms with E-state index in [4.69, 9.17) is 27.9 Å². The van der Waals surface area contributed by atoms with Crippen molar-refractivity contribution >= 4 is 46.7 Å². The molecule has 0 aliphatic carbocycles. The van der Waals surface area contributed by atoms with Crippen molar-refractivity contribution < 1.29 is 19.1 Å². The molecule has 136 valence electrons. The second-order valence-electron chi connectivity index (χ2n) is 5.26. The number of benzene rings is 2. The van der Waals surface area contributed by atoms with Gasteiger partial charge in [0.05, 0.1) is 10.0 Å². The molecule has 26 heavy (non-hydrogen) atoms. The van der Waals surface area contributed by atoms with Crippen molar-refractivity contribution in [3.05, 3.63) is 64.1 Å². The van der Waals surface area contributed by atoms with E-state index in [9.17, 15) is 14.4 Å². The Labute approximate surface area is 160 Å². The quantitative estimate of drug-likeness (QED) is 0.764. The van der Waals surface area contributed by atoms with Crippen LogP contribution in [0.4, 0.5) is 5.69 Å². The highest BCUT2D eigenvalue weighted by Crippen LogP contribution is 2.22. The zero-order valence-corrected chi connectivity index (χ0v) is 15.4. The van der Waals surface area contributed by atoms with E-state index >= 15 is 0 Å². The summed E-state index contributed by atoms with van der Waals surface area (Å²) in [6.45, 7) is -0.797. The molecule has 6 nitrogen and oxygen atoms in total. The summed E-state index contributed by atoms with van der Waals surface area (Å²) in [6.07, 6.45) is 0. The first-order valence-corrected chi connectivity index (χ1v) is 8.34. The van der Waals surface area contributed by atoms with Gasteiger partial charge in [-0.3, -0.25) is 14.4 Å². The molecule has 0 saturated heterocycles. The molecule has 1 N–H and O–H groups in total. The maximum atomic E-state index is 12.0. The van der Waals surface area contributed by atoms with Gasteiger partial charge in [0, 0.05) is 18.3 Å². The normalized spacial score (nSPS) is 10.1. The van der Waals surface area contributed by atoms with Gasteiger partial charge in [0.2, 0.25) is 0 Å². The van der Waals surface area contributed by atoms with E-state index in [0.29, 0.717) is 10.7 Å². The molecule has 0 aliphatic rings. The number of nitrogens with zero attached hydrogens (tertiary/aromatic N) is 1. The molecular formula is C18H16Cl2N2O4. The van der Waals surface area contributed by atoms with E-state index in [1.165, 1.54) is 23.1 Å². The fourth-order valence-corrected chi connectivity index (χ4v) is 2.28. The molecule has 2 aromatic carbocycles. The van der Waals surface area contributed by atoms with Crippen LogP contribution in [0.15, 0.2) is 48.5 Å². The molecule has 0 aliphatic heterocycles. The summed E-state index contributed by atoms with van der Waals surface area (Å²) in [5.74, 6) is -1.62. The minimum absolute atomic E-state index is 0.233. The number of ether oxygens (including phenoxy) is 1. The van der Waals surface area contributed by atoms with E-state index in [0.717, 1.165) is 0 Å². The Hall–Kier alpha value is -2.57. The van der Waals surface area contributed by atoms with Crippen molar-refractivity contribution in [2.75, 3.05) is 25.1 Å². The molecule has 2 amide bonds. The van der Waals surface area contributed by atoms with Crippen molar-refractivity contribution in [1.82, 2.24) is 5.32 Å². The highest BCUT2D eigenvalue weighted by molar-refractivity contribution is 6.42. The largest absolute Gasteiger partial charge is 0.454 e. The number of rotatable bonds is 6. The van der Waals surface area contributed by atoms with Gasteiger partial charge in [-0.15, -0.1) is 0 Å². The first-order chi connectivity index (χ1) is 12.4. The molecule has 2 rings (SSSR count). The first-order valence-electron chi connectivity index (χ1n) is 7.59. The van der Waals surface area contributed by atoms with E-state index in [1.807, 2.05) is 6.07 Å². The summed E-state index contributed by atoms with van der Waals surface area (Å²) in [5, 5.41) is 2.95. The molecule has 0 spiro atoms. The standard InChI is InChI=1S/C18H16Cl2N2O4/c1-22(13-5-3-2-4-6-13)16(23)11-26-17(24)10-21-18(25)12-7-8-14(19)15(20)9-12/h2-9H,10-11H2,1H3,(H,21,25). The molecular weight excluding hydrogens is 379 g/mol. The molecule has 0 aromatic heterocycles. The molecule has 0 unspecified atom stereocenters. The van der Waals surface area contributed by atoms with Gasteiger partial charge in [0.15, 0.2) is 6.61 Å². The van der Waals surface area contributed by atoms with Gasteiger partial charge in [-0.1, -0.05) is 41.4 Å². The van der Waals surface area contributed by atoms with Crippen LogP contribution in [-0.4, -0.2) is 38.0 Å². The van der Waals surface area contributed by atoms with Crippen LogP contribution in [0.3, 0.4) is 0 Å². The Morgan fingerprint density at radius 2 is 1.73 bits per heavy atom. The first kappa shape index (κ1) is 19.8. The van der Waals surface area contributed by atoms with Crippen LogP contribution in [0, 0.1) is 0 Å². The van der Waals surface area contributed by atoms with E-state index < -0.39 is 18.5 Å². The molecule has 0 bridgehead atoms. The number of carbonyl (C=O) groups is 3. The van der Waals surface area contributed by atoms with Crippen LogP contribution in [-0.2, 0) is 14.3 Å². The SMILES string of the molecule is CN(C(=O)COC(=O)CNC(=O)c1ccc(Cl)c(Cl)c1)c1ccccc1. The number of esters is 1. The number of carbonyl (C=O) groups excluding carboxylic acids is 3. The van der Waals surface area contributed by atoms with E-state index in [1.54, 1.807) is 31.3 Å². The van der Waals surface area contributed by atoms with Gasteiger partial charge in [0.1, 0.15) is 6.54 Å². The third-order valence-electron chi connectivity index (χ3n) is 3.45. The van der Waals surface area contributed by atoms with Crippen LogP contribution in [0.25, 0.3) is 0 Å². The van der Waals surface area contributed by atoms with Crippen LogP contribution in [0.1, 0.15) is 10.4 Å². The fourth-order valence-electron chi connectivity index (χ4n) is 1.98. The summed E-state index contributed by atoms with van der Waals surface area (Å²) >= 11 is 11.6. The second kappa shape index (κ2) is 9.22. The Balaban J connectivity index is 1.79. The summed E-state index contributed by atoms with van der Waals surface area (Å²) in [6, 6.07) is 13.3. The second-order valence-corrected chi connectivity index (χ2v) is 6.07. The fraction of sp³-hybridized carbons (Fsp3) is 0.167. The third-order valence-corrected chi connectivity index (χ3v) is 4.19. The molecule has 0 atom stereocenters. The number of nitrogens with one attached hydrogen (secondary N) is 1. The van der Waals surface area contributed by atoms with Gasteiger partial charge >= 0.3 is 5.97 Å². The minimum Gasteiger partial charge on any atom is -0.454 e. The Bertz CT molecular complexity index is 812. The average Bonchev–Trinajstić information content (AvgIpc) is 2.66. The highest BCUT2D eigenvalue weighted by Gasteiger charge is 2.15. The number of likely N-dealkylation sites (N-methyl/N-ethyl adjacent to an activating group) is 1. The zero-order chi connectivity index (χ0) is 19.1. The van der Waals surface area contributed by atoms with Gasteiger partial charge in [-0.25, -0.2) is 0 Å². The van der Waals surface area contributed by atoms with Gasteiger partial charge in [-0.2, -0.15) is 0 Å². The topological polar surface area (TPSA) is 75.7 Å². The van der Waals surface area contributed by atoms with Crippen LogP contribution in [0.2, 0.25) is 10.0 Å². The van der Waals surface area contributed by atoms with E-state index in [2.05, 4.69) is 5.32 Å². The van der Waals surface area contributed by atoms with Crippen molar-refractivity contribution in [2.24, 2.45) is 0 Å². The maximum absolute atomic E-state index is 12.0. The highest BCUT2D eigenvalue weighted by atomic mass is 35.5. The van der Waals surface area contributed by atoms with Crippen molar-refractivity contribution in [1.29, 1.82) is 0 Å². The van der Waals surface area contributed by atoms with Crippen LogP contribution in [0.5, 0.6) is 0 Å². The minimum atomic E-state index is -0.728. The van der Waals surface area contributed by atoms with Crippen molar-refractivity contribution in [3.8, 4) is 0 Å². The summed E-state index contributed by atoms with van der Waals surface area (Å²) in [4.78, 5) is 37.0. The lowest BCUT2D eigenvalue weighted by molar-refractivity contribution is -0.146. The molecule has 0 radical (unpaired) electrons. The maximum Gasteiger partial charge on any atom is 0.325 e. The Morgan fingerprint density at radius 3 is 2.38 bits per heavy atom. The summed E-state index contributed by atoms with van der Waals surface area (Å²) in [7, 11) is 1.58. The molecule has 8 heteroatoms. The predicted octanol–water partition coefficient (Wildman–Crippen LogP) is 2.93. The monoisotopic (exact) mass is 394 g/mol. The third kappa shape index (κ3) is 5.47. The van der Waals surface area contributed by atoms with Gasteiger partial charge < -0.3 is 15.0 Å². The number of hydrogen-bond donors (Lipinski definition) is 1. The Morgan fingerprint density at radius 1 is 1.04 bits per heavy atom. The molecule has 2 aromatic rings. The number of para-hydroxylation sites is 1. The number of halogens is 2. The lowest BCUT2D eigenvalue weighted by Crippen LogP contribution is -2.34. The van der Waals surface area contributed by atoms with Crippen molar-refractivity contribution in [2.45, 2.75) is 0 Å². The van der Waals surface area contributed by atoms with Crippen LogP contribution < -0.4 is 10.2 Å². The van der Waals surface area contributed by atoms with Gasteiger partial charge in [-0.05, 0) is 30.3 Å². The average molecular weight is 395 g/mol. The summed E-state index contributed by atoms with van der Waals surface area (Å²) < 4.78 is 4.88. The zero-order valence-electron chi connectivity index (χ0n) is 13.9. The number of amides is 2. The summed E-state index contributed by atoms with van der Waals surface area (Å²) in [5.41, 5.74) is 0.938. The number of anilines is 1. The van der Waals surface area contributed by atoms with E-state index in [-0.39, 0.29) is 23.0 Å². The smallest absolute Gasteiger partial charge is 0.325 e. The van der Waals surface area contributed by atoms with Gasteiger partial charge in [0.25, 0.3) is 11.8 Å². The lowest BCUT2D eigenvalue weighted by atomic mass is 10.2. The molecule has 0 heterocycles. The Kier molecular flexibility index (Phi) is 7.00. The predicted molar refractivity (Wildman–Crippen MR) is 99.6 cm³/mol. The van der Waals surface area contributed by atoms with Crippen LogP contribution >= 0.6 is 23.2 Å². The molecule has 0 fully saturated rings. The molecule has 0 saturated carbocycles.